The highest BCUT2D eigenvalue weighted by Crippen LogP contribution is 2.18. The molecule has 2 aromatic carbocycles. The van der Waals surface area contributed by atoms with Gasteiger partial charge in [-0.05, 0) is 48.4 Å². The van der Waals surface area contributed by atoms with Crippen LogP contribution in [0.15, 0.2) is 36.4 Å². The van der Waals surface area contributed by atoms with E-state index in [1.807, 2.05) is 0 Å². The minimum Gasteiger partial charge on any atom is -0.497 e. The fourth-order valence-electron chi connectivity index (χ4n) is 2.10. The molecule has 0 aliphatic rings. The van der Waals surface area contributed by atoms with Crippen LogP contribution in [0.5, 0.6) is 5.75 Å². The Morgan fingerprint density at radius 1 is 1.20 bits per heavy atom. The summed E-state index contributed by atoms with van der Waals surface area (Å²) in [6, 6.07) is 9.07. The molecule has 5 nitrogen and oxygen atoms in total. The van der Waals surface area contributed by atoms with Gasteiger partial charge in [0.15, 0.2) is 6.61 Å². The molecule has 0 heterocycles. The Morgan fingerprint density at radius 3 is 2.60 bits per heavy atom. The van der Waals surface area contributed by atoms with Crippen molar-refractivity contribution in [3.63, 3.8) is 0 Å². The molecule has 2 rings (SSSR count). The molecule has 0 fully saturated rings. The summed E-state index contributed by atoms with van der Waals surface area (Å²) in [5.41, 5.74) is 1.68. The third-order valence-corrected chi connectivity index (χ3v) is 3.75. The molecule has 1 amide bonds. The van der Waals surface area contributed by atoms with E-state index in [2.05, 4.69) is 5.32 Å². The number of methoxy groups -OCH3 is 1. The second-order valence-electron chi connectivity index (χ2n) is 5.28. The number of halogens is 2. The van der Waals surface area contributed by atoms with Gasteiger partial charge in [0.25, 0.3) is 5.91 Å². The molecule has 2 aromatic rings. The van der Waals surface area contributed by atoms with E-state index in [1.165, 1.54) is 25.3 Å². The topological polar surface area (TPSA) is 64.6 Å². The smallest absolute Gasteiger partial charge is 0.338 e. The molecule has 25 heavy (non-hydrogen) atoms. The number of carbonyl (C=O) groups is 2. The number of ether oxygens (including phenoxy) is 2. The lowest BCUT2D eigenvalue weighted by Gasteiger charge is -2.09. The Balaban J connectivity index is 1.85. The fraction of sp³-hybridized carbons (Fsp3) is 0.222. The summed E-state index contributed by atoms with van der Waals surface area (Å²) in [4.78, 5) is 23.8. The van der Waals surface area contributed by atoms with Crippen LogP contribution in [0.4, 0.5) is 4.39 Å². The minimum atomic E-state index is -0.597. The minimum absolute atomic E-state index is 0.0202. The van der Waals surface area contributed by atoms with Gasteiger partial charge in [0.05, 0.1) is 17.7 Å². The molecule has 0 aromatic heterocycles. The van der Waals surface area contributed by atoms with Gasteiger partial charge < -0.3 is 14.8 Å². The Morgan fingerprint density at radius 2 is 1.96 bits per heavy atom. The summed E-state index contributed by atoms with van der Waals surface area (Å²) in [6.45, 7) is 1.48. The lowest BCUT2D eigenvalue weighted by atomic mass is 10.1. The normalized spacial score (nSPS) is 10.2. The van der Waals surface area contributed by atoms with Crippen molar-refractivity contribution in [2.45, 2.75) is 13.5 Å². The number of nitrogens with one attached hydrogen (secondary N) is 1. The van der Waals surface area contributed by atoms with Crippen LogP contribution in [-0.4, -0.2) is 25.6 Å². The first-order valence-corrected chi connectivity index (χ1v) is 7.81. The summed E-state index contributed by atoms with van der Waals surface area (Å²) < 4.78 is 23.1. The highest BCUT2D eigenvalue weighted by Gasteiger charge is 2.13. The zero-order chi connectivity index (χ0) is 18.4. The zero-order valence-corrected chi connectivity index (χ0v) is 14.5. The van der Waals surface area contributed by atoms with Crippen LogP contribution >= 0.6 is 11.6 Å². The van der Waals surface area contributed by atoms with E-state index in [0.29, 0.717) is 22.4 Å². The standard InChI is InChI=1S/C18H17ClFNO4/c1-11-7-13(24-2)4-5-14(11)18(23)25-10-17(22)21-9-12-3-6-16(20)15(19)8-12/h3-8H,9-10H2,1-2H3,(H,21,22). The summed E-state index contributed by atoms with van der Waals surface area (Å²) in [7, 11) is 1.53. The van der Waals surface area contributed by atoms with Gasteiger partial charge in [-0.3, -0.25) is 4.79 Å². The molecular formula is C18H17ClFNO4. The number of rotatable bonds is 6. The fourth-order valence-corrected chi connectivity index (χ4v) is 2.31. The van der Waals surface area contributed by atoms with Gasteiger partial charge in [0, 0.05) is 6.54 Å². The predicted molar refractivity (Wildman–Crippen MR) is 91.3 cm³/mol. The Labute approximate surface area is 149 Å². The summed E-state index contributed by atoms with van der Waals surface area (Å²) in [5.74, 6) is -0.967. The first kappa shape index (κ1) is 18.7. The molecule has 0 radical (unpaired) electrons. The van der Waals surface area contributed by atoms with Crippen LogP contribution in [-0.2, 0) is 16.1 Å². The van der Waals surface area contributed by atoms with Crippen molar-refractivity contribution in [1.82, 2.24) is 5.32 Å². The van der Waals surface area contributed by atoms with Crippen molar-refractivity contribution in [2.24, 2.45) is 0 Å². The Kier molecular flexibility index (Phi) is 6.36. The number of carbonyl (C=O) groups excluding carboxylic acids is 2. The Bertz CT molecular complexity index is 795. The molecule has 0 spiro atoms. The molecule has 0 unspecified atom stereocenters. The van der Waals surface area contributed by atoms with Crippen molar-refractivity contribution in [1.29, 1.82) is 0 Å². The monoisotopic (exact) mass is 365 g/mol. The number of hydrogen-bond acceptors (Lipinski definition) is 4. The van der Waals surface area contributed by atoms with Crippen LogP contribution in [0.2, 0.25) is 5.02 Å². The Hall–Kier alpha value is -2.60. The third-order valence-electron chi connectivity index (χ3n) is 3.46. The molecule has 0 aliphatic heterocycles. The van der Waals surface area contributed by atoms with E-state index < -0.39 is 24.3 Å². The first-order valence-electron chi connectivity index (χ1n) is 7.43. The second kappa shape index (κ2) is 8.48. The van der Waals surface area contributed by atoms with Crippen LogP contribution in [0.1, 0.15) is 21.5 Å². The van der Waals surface area contributed by atoms with Gasteiger partial charge in [-0.25, -0.2) is 9.18 Å². The maximum absolute atomic E-state index is 13.1. The molecule has 0 saturated carbocycles. The van der Waals surface area contributed by atoms with Crippen molar-refractivity contribution >= 4 is 23.5 Å². The summed E-state index contributed by atoms with van der Waals surface area (Å²) in [5, 5.41) is 2.55. The average molecular weight is 366 g/mol. The highest BCUT2D eigenvalue weighted by molar-refractivity contribution is 6.30. The molecule has 0 atom stereocenters. The lowest BCUT2D eigenvalue weighted by Crippen LogP contribution is -2.28. The van der Waals surface area contributed by atoms with E-state index in [0.717, 1.165) is 0 Å². The molecule has 0 saturated heterocycles. The van der Waals surface area contributed by atoms with Crippen LogP contribution in [0, 0.1) is 12.7 Å². The SMILES string of the molecule is COc1ccc(C(=O)OCC(=O)NCc2ccc(F)c(Cl)c2)c(C)c1. The van der Waals surface area contributed by atoms with Crippen LogP contribution in [0.3, 0.4) is 0 Å². The molecular weight excluding hydrogens is 349 g/mol. The van der Waals surface area contributed by atoms with E-state index >= 15 is 0 Å². The first-order chi connectivity index (χ1) is 11.9. The van der Waals surface area contributed by atoms with Gasteiger partial charge in [-0.1, -0.05) is 17.7 Å². The van der Waals surface area contributed by atoms with Gasteiger partial charge in [-0.2, -0.15) is 0 Å². The van der Waals surface area contributed by atoms with Crippen molar-refractivity contribution in [3.8, 4) is 5.75 Å². The van der Waals surface area contributed by atoms with Crippen molar-refractivity contribution in [2.75, 3.05) is 13.7 Å². The van der Waals surface area contributed by atoms with E-state index in [1.54, 1.807) is 25.1 Å². The third kappa shape index (κ3) is 5.19. The molecule has 132 valence electrons. The van der Waals surface area contributed by atoms with Crippen LogP contribution < -0.4 is 10.1 Å². The molecule has 0 aliphatic carbocycles. The predicted octanol–water partition coefficient (Wildman–Crippen LogP) is 3.27. The van der Waals surface area contributed by atoms with E-state index in [9.17, 15) is 14.0 Å². The number of amides is 1. The van der Waals surface area contributed by atoms with Gasteiger partial charge in [0.2, 0.25) is 0 Å². The van der Waals surface area contributed by atoms with Gasteiger partial charge >= 0.3 is 5.97 Å². The lowest BCUT2D eigenvalue weighted by molar-refractivity contribution is -0.124. The van der Waals surface area contributed by atoms with Gasteiger partial charge in [0.1, 0.15) is 11.6 Å². The van der Waals surface area contributed by atoms with Crippen LogP contribution in [0.25, 0.3) is 0 Å². The number of aryl methyl sites for hydroxylation is 1. The maximum Gasteiger partial charge on any atom is 0.338 e. The zero-order valence-electron chi connectivity index (χ0n) is 13.8. The molecule has 1 N–H and O–H groups in total. The number of benzene rings is 2. The van der Waals surface area contributed by atoms with Crippen molar-refractivity contribution in [3.05, 3.63) is 63.9 Å². The number of esters is 1. The molecule has 7 heteroatoms. The number of hydrogen-bond donors (Lipinski definition) is 1. The summed E-state index contributed by atoms with van der Waals surface area (Å²) >= 11 is 5.67. The van der Waals surface area contributed by atoms with Gasteiger partial charge in [-0.15, -0.1) is 0 Å². The van der Waals surface area contributed by atoms with E-state index in [4.69, 9.17) is 21.1 Å². The largest absolute Gasteiger partial charge is 0.497 e. The van der Waals surface area contributed by atoms with Crippen molar-refractivity contribution < 1.29 is 23.5 Å². The summed E-state index contributed by atoms with van der Waals surface area (Å²) in [6.07, 6.45) is 0. The average Bonchev–Trinajstić information content (AvgIpc) is 2.60. The highest BCUT2D eigenvalue weighted by atomic mass is 35.5. The molecule has 0 bridgehead atoms. The maximum atomic E-state index is 13.1. The second-order valence-corrected chi connectivity index (χ2v) is 5.69. The quantitative estimate of drug-likeness (QED) is 0.798. The van der Waals surface area contributed by atoms with E-state index in [-0.39, 0.29) is 11.6 Å².